The topological polar surface area (TPSA) is 46.3 Å². The number of hydrogen-bond donors (Lipinski definition) is 1. The molecular weight excluding hydrogens is 340 g/mol. The molecule has 0 bridgehead atoms. The first-order valence-corrected chi connectivity index (χ1v) is 7.34. The zero-order valence-electron chi connectivity index (χ0n) is 10.6. The molecule has 1 aliphatic heterocycles. The van der Waals surface area contributed by atoms with Crippen LogP contribution < -0.4 is 10.6 Å². The fraction of sp³-hybridized carbons (Fsp3) is 0.133. The average Bonchev–Trinajstić information content (AvgIpc) is 2.70. The van der Waals surface area contributed by atoms with Crippen LogP contribution in [0.5, 0.6) is 0 Å². The number of fused-ring (bicyclic) bond motifs is 1. The van der Waals surface area contributed by atoms with Crippen molar-refractivity contribution in [1.29, 1.82) is 0 Å². The Hall–Kier alpha value is -1.52. The Bertz CT molecular complexity index is 702. The van der Waals surface area contributed by atoms with Gasteiger partial charge in [0.15, 0.2) is 0 Å². The van der Waals surface area contributed by atoms with Gasteiger partial charge in [-0.2, -0.15) is 0 Å². The van der Waals surface area contributed by atoms with Crippen molar-refractivity contribution in [3.05, 3.63) is 57.0 Å². The van der Waals surface area contributed by atoms with Crippen LogP contribution in [-0.2, 0) is 17.8 Å². The highest BCUT2D eigenvalue weighted by Gasteiger charge is 2.27. The van der Waals surface area contributed by atoms with Crippen LogP contribution in [0.25, 0.3) is 0 Å². The molecule has 3 rings (SSSR count). The van der Waals surface area contributed by atoms with Gasteiger partial charge < -0.3 is 10.6 Å². The van der Waals surface area contributed by atoms with E-state index in [0.717, 1.165) is 21.3 Å². The third-order valence-corrected chi connectivity index (χ3v) is 4.34. The fourth-order valence-electron chi connectivity index (χ4n) is 2.38. The van der Waals surface area contributed by atoms with Gasteiger partial charge in [-0.3, -0.25) is 4.79 Å². The number of nitrogen functional groups attached to an aromatic ring is 1. The van der Waals surface area contributed by atoms with Crippen LogP contribution in [0.15, 0.2) is 40.9 Å². The summed E-state index contributed by atoms with van der Waals surface area (Å²) in [6.07, 6.45) is 0.429. The van der Waals surface area contributed by atoms with Gasteiger partial charge in [0.25, 0.3) is 0 Å². The summed E-state index contributed by atoms with van der Waals surface area (Å²) in [4.78, 5) is 13.9. The molecular formula is C15H12BrClN2O. The van der Waals surface area contributed by atoms with Gasteiger partial charge in [-0.1, -0.05) is 23.7 Å². The van der Waals surface area contributed by atoms with E-state index in [1.54, 1.807) is 4.90 Å². The SMILES string of the molecule is Nc1cc(CN2C(=O)Cc3ccc(Cl)cc32)ccc1Br. The lowest BCUT2D eigenvalue weighted by molar-refractivity contribution is -0.117. The zero-order valence-corrected chi connectivity index (χ0v) is 12.9. The van der Waals surface area contributed by atoms with Crippen molar-refractivity contribution >= 4 is 44.8 Å². The lowest BCUT2D eigenvalue weighted by Crippen LogP contribution is -2.26. The molecule has 0 fully saturated rings. The van der Waals surface area contributed by atoms with E-state index >= 15 is 0 Å². The summed E-state index contributed by atoms with van der Waals surface area (Å²) >= 11 is 9.39. The third kappa shape index (κ3) is 2.41. The predicted octanol–water partition coefficient (Wildman–Crippen LogP) is 3.77. The normalized spacial score (nSPS) is 13.7. The van der Waals surface area contributed by atoms with Crippen molar-refractivity contribution in [1.82, 2.24) is 0 Å². The first-order chi connectivity index (χ1) is 9.54. The molecule has 0 spiro atoms. The van der Waals surface area contributed by atoms with E-state index < -0.39 is 0 Å². The average molecular weight is 352 g/mol. The van der Waals surface area contributed by atoms with E-state index in [2.05, 4.69) is 15.9 Å². The van der Waals surface area contributed by atoms with Crippen LogP contribution in [0.4, 0.5) is 11.4 Å². The van der Waals surface area contributed by atoms with Crippen LogP contribution in [0.3, 0.4) is 0 Å². The van der Waals surface area contributed by atoms with E-state index in [1.165, 1.54) is 0 Å². The van der Waals surface area contributed by atoms with Crippen LogP contribution in [0, 0.1) is 0 Å². The second-order valence-electron chi connectivity index (χ2n) is 4.79. The quantitative estimate of drug-likeness (QED) is 0.837. The van der Waals surface area contributed by atoms with Crippen molar-refractivity contribution in [2.24, 2.45) is 0 Å². The highest BCUT2D eigenvalue weighted by molar-refractivity contribution is 9.10. The number of carbonyl (C=O) groups is 1. The molecule has 0 radical (unpaired) electrons. The third-order valence-electron chi connectivity index (χ3n) is 3.38. The Morgan fingerprint density at radius 3 is 2.80 bits per heavy atom. The van der Waals surface area contributed by atoms with Gasteiger partial charge in [-0.25, -0.2) is 0 Å². The molecule has 2 aromatic rings. The van der Waals surface area contributed by atoms with Crippen LogP contribution in [-0.4, -0.2) is 5.91 Å². The van der Waals surface area contributed by atoms with Gasteiger partial charge >= 0.3 is 0 Å². The molecule has 1 heterocycles. The maximum atomic E-state index is 12.1. The first-order valence-electron chi connectivity index (χ1n) is 6.17. The largest absolute Gasteiger partial charge is 0.398 e. The molecule has 2 N–H and O–H groups in total. The predicted molar refractivity (Wildman–Crippen MR) is 84.9 cm³/mol. The second-order valence-corrected chi connectivity index (χ2v) is 6.08. The van der Waals surface area contributed by atoms with Gasteiger partial charge in [0, 0.05) is 20.9 Å². The lowest BCUT2D eigenvalue weighted by atomic mass is 10.1. The molecule has 1 aliphatic rings. The Morgan fingerprint density at radius 2 is 2.05 bits per heavy atom. The van der Waals surface area contributed by atoms with E-state index in [0.29, 0.717) is 23.7 Å². The molecule has 0 saturated heterocycles. The monoisotopic (exact) mass is 350 g/mol. The smallest absolute Gasteiger partial charge is 0.231 e. The number of anilines is 2. The van der Waals surface area contributed by atoms with Crippen LogP contribution >= 0.6 is 27.5 Å². The van der Waals surface area contributed by atoms with Crippen molar-refractivity contribution < 1.29 is 4.79 Å². The van der Waals surface area contributed by atoms with Gasteiger partial charge in [-0.15, -0.1) is 0 Å². The molecule has 1 amide bonds. The number of hydrogen-bond acceptors (Lipinski definition) is 2. The summed E-state index contributed by atoms with van der Waals surface area (Å²) in [5, 5.41) is 0.638. The van der Waals surface area contributed by atoms with E-state index in [1.807, 2.05) is 36.4 Å². The van der Waals surface area contributed by atoms with Crippen molar-refractivity contribution in [3.63, 3.8) is 0 Å². The number of carbonyl (C=O) groups excluding carboxylic acids is 1. The van der Waals surface area contributed by atoms with Crippen LogP contribution in [0.1, 0.15) is 11.1 Å². The summed E-state index contributed by atoms with van der Waals surface area (Å²) in [6, 6.07) is 11.3. The van der Waals surface area contributed by atoms with E-state index in [-0.39, 0.29) is 5.91 Å². The van der Waals surface area contributed by atoms with Crippen LogP contribution in [0.2, 0.25) is 5.02 Å². The number of nitrogens with zero attached hydrogens (tertiary/aromatic N) is 1. The van der Waals surface area contributed by atoms with Gasteiger partial charge in [0.2, 0.25) is 5.91 Å². The van der Waals surface area contributed by atoms with Crippen molar-refractivity contribution in [3.8, 4) is 0 Å². The molecule has 5 heteroatoms. The maximum absolute atomic E-state index is 12.1. The molecule has 0 atom stereocenters. The Labute approximate surface area is 130 Å². The zero-order chi connectivity index (χ0) is 14.3. The molecule has 0 aliphatic carbocycles. The second kappa shape index (κ2) is 5.11. The molecule has 20 heavy (non-hydrogen) atoms. The highest BCUT2D eigenvalue weighted by Crippen LogP contribution is 2.33. The minimum absolute atomic E-state index is 0.0868. The fourth-order valence-corrected chi connectivity index (χ4v) is 2.79. The molecule has 2 aromatic carbocycles. The Balaban J connectivity index is 1.93. The number of nitrogens with two attached hydrogens (primary N) is 1. The summed E-state index contributed by atoms with van der Waals surface area (Å²) in [6.45, 7) is 0.504. The number of rotatable bonds is 2. The summed E-state index contributed by atoms with van der Waals surface area (Å²) in [5.74, 6) is 0.0868. The minimum atomic E-state index is 0.0868. The van der Waals surface area contributed by atoms with Gasteiger partial charge in [0.05, 0.1) is 13.0 Å². The number of benzene rings is 2. The van der Waals surface area contributed by atoms with Gasteiger partial charge in [-0.05, 0) is 51.3 Å². The first kappa shape index (κ1) is 13.5. The highest BCUT2D eigenvalue weighted by atomic mass is 79.9. The van der Waals surface area contributed by atoms with Gasteiger partial charge in [0.1, 0.15) is 0 Å². The molecule has 102 valence electrons. The number of amides is 1. The minimum Gasteiger partial charge on any atom is -0.398 e. The van der Waals surface area contributed by atoms with E-state index in [9.17, 15) is 4.79 Å². The Kier molecular flexibility index (Phi) is 3.44. The molecule has 0 unspecified atom stereocenters. The van der Waals surface area contributed by atoms with E-state index in [4.69, 9.17) is 17.3 Å². The maximum Gasteiger partial charge on any atom is 0.231 e. The van der Waals surface area contributed by atoms with Crippen molar-refractivity contribution in [2.75, 3.05) is 10.6 Å². The summed E-state index contributed by atoms with van der Waals surface area (Å²) in [7, 11) is 0. The Morgan fingerprint density at radius 1 is 1.25 bits per heavy atom. The summed E-state index contributed by atoms with van der Waals surface area (Å²) < 4.78 is 0.859. The molecule has 3 nitrogen and oxygen atoms in total. The lowest BCUT2D eigenvalue weighted by Gasteiger charge is -2.18. The molecule has 0 aromatic heterocycles. The van der Waals surface area contributed by atoms with Crippen molar-refractivity contribution in [2.45, 2.75) is 13.0 Å². The molecule has 0 saturated carbocycles. The summed E-state index contributed by atoms with van der Waals surface area (Å²) in [5.41, 5.74) is 9.45. The number of halogens is 2. The standard InChI is InChI=1S/C15H12BrClN2O/c16-12-4-1-9(5-13(12)18)8-19-14-7-11(17)3-2-10(14)6-15(19)20/h1-5,7H,6,8,18H2.